The first kappa shape index (κ1) is 19.9. The smallest absolute Gasteiger partial charge is 0.165 e. The van der Waals surface area contributed by atoms with Gasteiger partial charge in [-0.25, -0.2) is 4.98 Å². The van der Waals surface area contributed by atoms with Gasteiger partial charge in [-0.3, -0.25) is 4.79 Å². The van der Waals surface area contributed by atoms with E-state index in [1.54, 1.807) is 12.3 Å². The van der Waals surface area contributed by atoms with Crippen LogP contribution < -0.4 is 0 Å². The van der Waals surface area contributed by atoms with Gasteiger partial charge in [0, 0.05) is 48.8 Å². The van der Waals surface area contributed by atoms with E-state index in [9.17, 15) is 9.90 Å². The monoisotopic (exact) mass is 404 g/mol. The van der Waals surface area contributed by atoms with Crippen LogP contribution in [0.3, 0.4) is 0 Å². The summed E-state index contributed by atoms with van der Waals surface area (Å²) in [5.74, 6) is 0.986. The standard InChI is InChI=1S/C22H29ClN2O3/c1-15-3-2-7-22(27,11-15)8-4-19(26)17-13-25(12-16-6-10-28-14-16)21-20(17)18(23)5-9-24-21/h5,9,13,15-16,27H,2-4,6-8,10-12,14H2,1H3/t15-,16?,22+/m1/s1. The first-order valence-corrected chi connectivity index (χ1v) is 10.8. The number of pyridine rings is 1. The van der Waals surface area contributed by atoms with Crippen molar-refractivity contribution in [3.05, 3.63) is 29.0 Å². The fraction of sp³-hybridized carbons (Fsp3) is 0.636. The Balaban J connectivity index is 1.56. The van der Waals surface area contributed by atoms with Crippen LogP contribution in [-0.2, 0) is 11.3 Å². The number of ketones is 1. The third-order valence-corrected chi connectivity index (χ3v) is 6.69. The van der Waals surface area contributed by atoms with Crippen molar-refractivity contribution >= 4 is 28.4 Å². The number of carbonyl (C=O) groups is 1. The molecule has 5 nitrogen and oxygen atoms in total. The molecule has 2 aliphatic rings. The van der Waals surface area contributed by atoms with Crippen molar-refractivity contribution in [1.82, 2.24) is 9.55 Å². The highest BCUT2D eigenvalue weighted by atomic mass is 35.5. The lowest BCUT2D eigenvalue weighted by Gasteiger charge is -2.35. The molecule has 1 aliphatic heterocycles. The summed E-state index contributed by atoms with van der Waals surface area (Å²) in [7, 11) is 0. The number of hydrogen-bond donors (Lipinski definition) is 1. The summed E-state index contributed by atoms with van der Waals surface area (Å²) in [5.41, 5.74) is 0.668. The van der Waals surface area contributed by atoms with Gasteiger partial charge in [0.1, 0.15) is 5.65 Å². The molecule has 2 aromatic rings. The minimum absolute atomic E-state index is 0.0352. The van der Waals surface area contributed by atoms with Gasteiger partial charge >= 0.3 is 0 Å². The summed E-state index contributed by atoms with van der Waals surface area (Å²) < 4.78 is 7.54. The summed E-state index contributed by atoms with van der Waals surface area (Å²) in [6.07, 6.45) is 9.22. The van der Waals surface area contributed by atoms with Gasteiger partial charge in [-0.05, 0) is 37.7 Å². The van der Waals surface area contributed by atoms with Crippen molar-refractivity contribution < 1.29 is 14.6 Å². The zero-order valence-electron chi connectivity index (χ0n) is 16.5. The SMILES string of the molecule is C[C@@H]1CCC[C@](O)(CCC(=O)c2cn(CC3CCOC3)c3nccc(Cl)c23)C1. The van der Waals surface area contributed by atoms with Gasteiger partial charge < -0.3 is 14.4 Å². The number of rotatable bonds is 6. The predicted molar refractivity (Wildman–Crippen MR) is 110 cm³/mol. The quantitative estimate of drug-likeness (QED) is 0.713. The fourth-order valence-corrected chi connectivity index (χ4v) is 5.12. The number of ether oxygens (including phenoxy) is 1. The van der Waals surface area contributed by atoms with Gasteiger partial charge in [-0.1, -0.05) is 31.4 Å². The summed E-state index contributed by atoms with van der Waals surface area (Å²) >= 11 is 6.45. The Labute approximate surface area is 171 Å². The van der Waals surface area contributed by atoms with Crippen LogP contribution in [0, 0.1) is 11.8 Å². The van der Waals surface area contributed by atoms with E-state index in [-0.39, 0.29) is 5.78 Å². The summed E-state index contributed by atoms with van der Waals surface area (Å²) in [6, 6.07) is 1.74. The van der Waals surface area contributed by atoms with Gasteiger partial charge in [0.25, 0.3) is 0 Å². The van der Waals surface area contributed by atoms with E-state index in [4.69, 9.17) is 16.3 Å². The molecule has 152 valence electrons. The average Bonchev–Trinajstić information content (AvgIpc) is 3.29. The van der Waals surface area contributed by atoms with Crippen molar-refractivity contribution in [2.45, 2.75) is 64.0 Å². The molecule has 0 aromatic carbocycles. The Morgan fingerprint density at radius 2 is 2.32 bits per heavy atom. The van der Waals surface area contributed by atoms with E-state index >= 15 is 0 Å². The maximum absolute atomic E-state index is 13.1. The lowest BCUT2D eigenvalue weighted by Crippen LogP contribution is -2.35. The molecule has 6 heteroatoms. The Hall–Kier alpha value is -1.43. The summed E-state index contributed by atoms with van der Waals surface area (Å²) in [6.45, 7) is 4.49. The molecule has 2 fully saturated rings. The van der Waals surface area contributed by atoms with Gasteiger partial charge in [0.05, 0.1) is 17.2 Å². The molecule has 3 atom stereocenters. The minimum atomic E-state index is -0.713. The van der Waals surface area contributed by atoms with E-state index in [0.29, 0.717) is 35.3 Å². The predicted octanol–water partition coefficient (Wildman–Crippen LogP) is 4.63. The van der Waals surface area contributed by atoms with Crippen LogP contribution in [0.25, 0.3) is 11.0 Å². The Kier molecular flexibility index (Phi) is 5.77. The highest BCUT2D eigenvalue weighted by Gasteiger charge is 2.33. The molecule has 1 aliphatic carbocycles. The van der Waals surface area contributed by atoms with Gasteiger partial charge in [0.15, 0.2) is 5.78 Å². The number of aromatic nitrogens is 2. The molecule has 2 aromatic heterocycles. The number of nitrogens with zero attached hydrogens (tertiary/aromatic N) is 2. The second-order valence-corrected chi connectivity index (χ2v) is 9.17. The van der Waals surface area contributed by atoms with E-state index < -0.39 is 5.60 Å². The number of aliphatic hydroxyl groups is 1. The normalized spacial score (nSPS) is 28.1. The van der Waals surface area contributed by atoms with Crippen LogP contribution in [0.1, 0.15) is 62.2 Å². The van der Waals surface area contributed by atoms with Gasteiger partial charge in [0.2, 0.25) is 0 Å². The molecule has 1 unspecified atom stereocenters. The van der Waals surface area contributed by atoms with Crippen molar-refractivity contribution in [2.24, 2.45) is 11.8 Å². The number of hydrogen-bond acceptors (Lipinski definition) is 4. The molecule has 0 amide bonds. The second kappa shape index (κ2) is 8.13. The summed E-state index contributed by atoms with van der Waals surface area (Å²) in [5, 5.41) is 12.2. The molecule has 1 N–H and O–H groups in total. The Morgan fingerprint density at radius 3 is 3.07 bits per heavy atom. The molecule has 1 saturated carbocycles. The third-order valence-electron chi connectivity index (χ3n) is 6.37. The lowest BCUT2D eigenvalue weighted by atomic mass is 9.76. The average molecular weight is 405 g/mol. The molecule has 28 heavy (non-hydrogen) atoms. The summed E-state index contributed by atoms with van der Waals surface area (Å²) in [4.78, 5) is 17.6. The molecule has 0 bridgehead atoms. The highest BCUT2D eigenvalue weighted by Crippen LogP contribution is 2.36. The highest BCUT2D eigenvalue weighted by molar-refractivity contribution is 6.36. The Morgan fingerprint density at radius 1 is 1.46 bits per heavy atom. The number of carbonyl (C=O) groups excluding carboxylic acids is 1. The fourth-order valence-electron chi connectivity index (χ4n) is 4.87. The van der Waals surface area contributed by atoms with Crippen molar-refractivity contribution in [2.75, 3.05) is 13.2 Å². The lowest BCUT2D eigenvalue weighted by molar-refractivity contribution is -0.0204. The molecule has 0 spiro atoms. The number of fused-ring (bicyclic) bond motifs is 1. The molecule has 4 rings (SSSR count). The van der Waals surface area contributed by atoms with Crippen molar-refractivity contribution in [3.8, 4) is 0 Å². The van der Waals surface area contributed by atoms with Gasteiger partial charge in [-0.15, -0.1) is 0 Å². The second-order valence-electron chi connectivity index (χ2n) is 8.77. The molecular formula is C22H29ClN2O3. The number of Topliss-reactive ketones (excluding diaryl/α,β-unsaturated/α-hetero) is 1. The minimum Gasteiger partial charge on any atom is -0.390 e. The van der Waals surface area contributed by atoms with Crippen LogP contribution >= 0.6 is 11.6 Å². The van der Waals surface area contributed by atoms with E-state index in [1.165, 1.54) is 0 Å². The Bertz CT molecular complexity index is 859. The number of halogens is 1. The molecule has 0 radical (unpaired) electrons. The first-order valence-electron chi connectivity index (χ1n) is 10.4. The van der Waals surface area contributed by atoms with Crippen LogP contribution in [0.5, 0.6) is 0 Å². The van der Waals surface area contributed by atoms with Crippen LogP contribution in [0.15, 0.2) is 18.5 Å². The molecular weight excluding hydrogens is 376 g/mol. The third kappa shape index (κ3) is 4.12. The van der Waals surface area contributed by atoms with Crippen LogP contribution in [0.4, 0.5) is 0 Å². The largest absolute Gasteiger partial charge is 0.390 e. The van der Waals surface area contributed by atoms with Crippen LogP contribution in [-0.4, -0.2) is 39.3 Å². The van der Waals surface area contributed by atoms with E-state index in [0.717, 1.165) is 62.9 Å². The maximum atomic E-state index is 13.1. The van der Waals surface area contributed by atoms with Crippen LogP contribution in [0.2, 0.25) is 5.02 Å². The van der Waals surface area contributed by atoms with Gasteiger partial charge in [-0.2, -0.15) is 0 Å². The van der Waals surface area contributed by atoms with Crippen molar-refractivity contribution in [1.29, 1.82) is 0 Å². The zero-order chi connectivity index (χ0) is 19.7. The maximum Gasteiger partial charge on any atom is 0.165 e. The first-order chi connectivity index (χ1) is 13.5. The molecule has 3 heterocycles. The topological polar surface area (TPSA) is 64.3 Å². The van der Waals surface area contributed by atoms with E-state index in [1.807, 2.05) is 10.8 Å². The van der Waals surface area contributed by atoms with E-state index in [2.05, 4.69) is 11.9 Å². The zero-order valence-corrected chi connectivity index (χ0v) is 17.2. The van der Waals surface area contributed by atoms with Crippen molar-refractivity contribution in [3.63, 3.8) is 0 Å². The molecule has 1 saturated heterocycles.